The van der Waals surface area contributed by atoms with Crippen molar-refractivity contribution in [3.8, 4) is 5.75 Å². The number of halogens is 3. The predicted octanol–water partition coefficient (Wildman–Crippen LogP) is 3.11. The number of nitrogens with one attached hydrogen (secondary N) is 1. The van der Waals surface area contributed by atoms with Gasteiger partial charge in [-0.2, -0.15) is 0 Å². The van der Waals surface area contributed by atoms with Crippen molar-refractivity contribution in [3.63, 3.8) is 0 Å². The number of fused-ring (bicyclic) bond motifs is 6. The van der Waals surface area contributed by atoms with Crippen LogP contribution in [-0.4, -0.2) is 28.0 Å². The van der Waals surface area contributed by atoms with Gasteiger partial charge in [0.05, 0.1) is 11.7 Å². The van der Waals surface area contributed by atoms with Crippen LogP contribution in [0.5, 0.6) is 5.75 Å². The first-order valence-electron chi connectivity index (χ1n) is 10.0. The fourth-order valence-corrected chi connectivity index (χ4v) is 5.19. The number of benzene rings is 1. The van der Waals surface area contributed by atoms with E-state index in [2.05, 4.69) is 5.32 Å². The first-order valence-corrected chi connectivity index (χ1v) is 10.9. The number of carbonyl (C=O) groups excluding carboxylic acids is 2. The summed E-state index contributed by atoms with van der Waals surface area (Å²) in [6.45, 7) is -0.333. The summed E-state index contributed by atoms with van der Waals surface area (Å²) in [5.74, 6) is -5.88. The van der Waals surface area contributed by atoms with Crippen LogP contribution >= 0.6 is 11.3 Å². The molecule has 0 unspecified atom stereocenters. The zero-order valence-electron chi connectivity index (χ0n) is 16.9. The smallest absolute Gasteiger partial charge is 0.279 e. The van der Waals surface area contributed by atoms with E-state index in [1.807, 2.05) is 11.4 Å². The zero-order valence-corrected chi connectivity index (χ0v) is 17.7. The van der Waals surface area contributed by atoms with Crippen molar-refractivity contribution in [2.75, 3.05) is 11.4 Å². The molecule has 33 heavy (non-hydrogen) atoms. The summed E-state index contributed by atoms with van der Waals surface area (Å²) in [5.41, 5.74) is -1.58. The average Bonchev–Trinajstić information content (AvgIpc) is 3.16. The Morgan fingerprint density at radius 2 is 1.94 bits per heavy atom. The Balaban J connectivity index is 1.49. The minimum Gasteiger partial charge on any atom is -0.503 e. The number of amides is 2. The molecule has 1 atom stereocenters. The number of hydrogen-bond acceptors (Lipinski definition) is 5. The monoisotopic (exact) mass is 475 g/mol. The number of rotatable bonds is 3. The van der Waals surface area contributed by atoms with Crippen molar-refractivity contribution in [3.05, 3.63) is 79.1 Å². The summed E-state index contributed by atoms with van der Waals surface area (Å²) in [5, 5.41) is 14.7. The van der Waals surface area contributed by atoms with Gasteiger partial charge in [0.1, 0.15) is 23.0 Å². The lowest BCUT2D eigenvalue weighted by Gasteiger charge is -2.34. The SMILES string of the molecule is O=C(NCc1c(F)cc(F)cc1F)c1cn2c(c(O)c1=O)C(=O)N1C[C@H]2CCc2sccc21. The first kappa shape index (κ1) is 21.3. The lowest BCUT2D eigenvalue weighted by molar-refractivity contribution is 0.0929. The summed E-state index contributed by atoms with van der Waals surface area (Å²) < 4.78 is 42.2. The predicted molar refractivity (Wildman–Crippen MR) is 113 cm³/mol. The fourth-order valence-electron chi connectivity index (χ4n) is 4.29. The maximum Gasteiger partial charge on any atom is 0.279 e. The summed E-state index contributed by atoms with van der Waals surface area (Å²) in [6, 6.07) is 2.49. The zero-order chi connectivity index (χ0) is 23.4. The maximum atomic E-state index is 13.9. The van der Waals surface area contributed by atoms with E-state index in [9.17, 15) is 32.7 Å². The van der Waals surface area contributed by atoms with E-state index < -0.39 is 58.1 Å². The van der Waals surface area contributed by atoms with Gasteiger partial charge in [0, 0.05) is 41.9 Å². The van der Waals surface area contributed by atoms with Crippen LogP contribution in [0.3, 0.4) is 0 Å². The molecule has 3 aromatic rings. The Hall–Kier alpha value is -3.60. The van der Waals surface area contributed by atoms with Gasteiger partial charge >= 0.3 is 0 Å². The van der Waals surface area contributed by atoms with Crippen LogP contribution in [0.15, 0.2) is 34.6 Å². The van der Waals surface area contributed by atoms with Gasteiger partial charge in [-0.15, -0.1) is 11.3 Å². The minimum atomic E-state index is -1.19. The van der Waals surface area contributed by atoms with Crippen molar-refractivity contribution in [1.82, 2.24) is 9.88 Å². The van der Waals surface area contributed by atoms with Crippen LogP contribution in [-0.2, 0) is 13.0 Å². The van der Waals surface area contributed by atoms with Crippen LogP contribution in [0.4, 0.5) is 18.9 Å². The largest absolute Gasteiger partial charge is 0.503 e. The molecular formula is C22H16F3N3O4S. The number of pyridine rings is 1. The van der Waals surface area contributed by atoms with E-state index in [1.54, 1.807) is 0 Å². The molecule has 2 bridgehead atoms. The molecule has 2 amide bonds. The summed E-state index contributed by atoms with van der Waals surface area (Å²) >= 11 is 1.52. The van der Waals surface area contributed by atoms with Crippen LogP contribution in [0.25, 0.3) is 0 Å². The van der Waals surface area contributed by atoms with Crippen molar-refractivity contribution >= 4 is 28.8 Å². The maximum absolute atomic E-state index is 13.9. The van der Waals surface area contributed by atoms with Crippen LogP contribution in [0.2, 0.25) is 0 Å². The number of nitrogens with zero attached hydrogens (tertiary/aromatic N) is 2. The molecule has 2 aromatic heterocycles. The molecule has 2 aliphatic heterocycles. The van der Waals surface area contributed by atoms with E-state index in [0.29, 0.717) is 31.5 Å². The highest BCUT2D eigenvalue weighted by Crippen LogP contribution is 2.39. The van der Waals surface area contributed by atoms with E-state index in [1.165, 1.54) is 27.0 Å². The number of anilines is 1. The van der Waals surface area contributed by atoms with Crippen molar-refractivity contribution in [2.45, 2.75) is 25.4 Å². The number of aromatic nitrogens is 1. The van der Waals surface area contributed by atoms with Gasteiger partial charge in [0.15, 0.2) is 11.4 Å². The molecule has 2 aliphatic rings. The number of aryl methyl sites for hydroxylation is 1. The quantitative estimate of drug-likeness (QED) is 0.609. The van der Waals surface area contributed by atoms with E-state index >= 15 is 0 Å². The second-order valence-electron chi connectivity index (χ2n) is 7.84. The summed E-state index contributed by atoms with van der Waals surface area (Å²) in [4.78, 5) is 41.1. The molecule has 0 saturated heterocycles. The van der Waals surface area contributed by atoms with Gasteiger partial charge in [-0.3, -0.25) is 14.4 Å². The molecule has 0 aliphatic carbocycles. The average molecular weight is 475 g/mol. The molecule has 0 fully saturated rings. The number of hydrogen-bond donors (Lipinski definition) is 2. The van der Waals surface area contributed by atoms with Crippen molar-refractivity contribution < 1.29 is 27.9 Å². The highest BCUT2D eigenvalue weighted by atomic mass is 32.1. The molecular weight excluding hydrogens is 459 g/mol. The second-order valence-corrected chi connectivity index (χ2v) is 8.84. The third-order valence-electron chi connectivity index (χ3n) is 5.94. The van der Waals surface area contributed by atoms with Gasteiger partial charge in [-0.1, -0.05) is 0 Å². The Morgan fingerprint density at radius 1 is 1.21 bits per heavy atom. The third-order valence-corrected chi connectivity index (χ3v) is 6.91. The van der Waals surface area contributed by atoms with Crippen LogP contribution in [0, 0.1) is 17.5 Å². The Bertz CT molecular complexity index is 1360. The third kappa shape index (κ3) is 3.39. The number of thiophene rings is 1. The van der Waals surface area contributed by atoms with Gasteiger partial charge in [0.25, 0.3) is 11.8 Å². The molecule has 0 radical (unpaired) electrons. The Kier molecular flexibility index (Phi) is 5.00. The second kappa shape index (κ2) is 7.77. The summed E-state index contributed by atoms with van der Waals surface area (Å²) in [6.07, 6.45) is 2.49. The van der Waals surface area contributed by atoms with Gasteiger partial charge < -0.3 is 19.9 Å². The van der Waals surface area contributed by atoms with Crippen LogP contribution < -0.4 is 15.6 Å². The standard InChI is InChI=1S/C22H16F3N3O4S/c23-10-5-14(24)12(15(25)6-10)7-26-21(31)13-9-27-11-1-2-17-16(3-4-33-17)28(8-11)22(32)18(27)20(30)19(13)29/h3-6,9,11,30H,1-2,7-8H2,(H,26,31)/t11-/m1/s1. The molecule has 170 valence electrons. The molecule has 1 aromatic carbocycles. The molecule has 7 nitrogen and oxygen atoms in total. The lowest BCUT2D eigenvalue weighted by atomic mass is 10.1. The molecule has 0 saturated carbocycles. The highest BCUT2D eigenvalue weighted by Gasteiger charge is 2.38. The Morgan fingerprint density at radius 3 is 2.67 bits per heavy atom. The van der Waals surface area contributed by atoms with Crippen LogP contribution in [0.1, 0.15) is 43.7 Å². The minimum absolute atomic E-state index is 0.206. The van der Waals surface area contributed by atoms with E-state index in [-0.39, 0.29) is 11.7 Å². The molecule has 11 heteroatoms. The fraction of sp³-hybridized carbons (Fsp3) is 0.227. The lowest BCUT2D eigenvalue weighted by Crippen LogP contribution is -2.44. The number of carbonyl (C=O) groups is 2. The topological polar surface area (TPSA) is 91.6 Å². The number of aromatic hydroxyl groups is 1. The van der Waals surface area contributed by atoms with Gasteiger partial charge in [0.2, 0.25) is 5.43 Å². The van der Waals surface area contributed by atoms with Crippen molar-refractivity contribution in [2.24, 2.45) is 0 Å². The Labute approximate surface area is 188 Å². The first-order chi connectivity index (χ1) is 15.8. The normalized spacial score (nSPS) is 16.8. The molecule has 2 N–H and O–H groups in total. The van der Waals surface area contributed by atoms with E-state index in [4.69, 9.17) is 0 Å². The molecule has 0 spiro atoms. The van der Waals surface area contributed by atoms with Gasteiger partial charge in [-0.25, -0.2) is 13.2 Å². The molecule has 4 heterocycles. The van der Waals surface area contributed by atoms with E-state index in [0.717, 1.165) is 10.6 Å². The summed E-state index contributed by atoms with van der Waals surface area (Å²) in [7, 11) is 0. The highest BCUT2D eigenvalue weighted by molar-refractivity contribution is 7.10. The van der Waals surface area contributed by atoms with Crippen molar-refractivity contribution in [1.29, 1.82) is 0 Å². The molecule has 5 rings (SSSR count). The van der Waals surface area contributed by atoms with Gasteiger partial charge in [-0.05, 0) is 24.3 Å².